The fourth-order valence-corrected chi connectivity index (χ4v) is 3.50. The molecule has 0 bridgehead atoms. The molecule has 0 amide bonds. The van der Waals surface area contributed by atoms with E-state index in [1.54, 1.807) is 25.1 Å². The zero-order chi connectivity index (χ0) is 19.1. The van der Waals surface area contributed by atoms with Crippen LogP contribution in [-0.4, -0.2) is 0 Å². The fraction of sp³-hybridized carbons (Fsp3) is 0.455. The van der Waals surface area contributed by atoms with Gasteiger partial charge in [-0.25, -0.2) is 0 Å². The Bertz CT molecular complexity index is 771. The highest BCUT2D eigenvalue weighted by molar-refractivity contribution is 5.51. The van der Waals surface area contributed by atoms with Crippen molar-refractivity contribution in [3.8, 4) is 0 Å². The Labute approximate surface area is 153 Å². The van der Waals surface area contributed by atoms with Crippen LogP contribution in [0.1, 0.15) is 74.8 Å². The van der Waals surface area contributed by atoms with Gasteiger partial charge in [0.25, 0.3) is 0 Å². The van der Waals surface area contributed by atoms with Crippen LogP contribution in [0, 0.1) is 0 Å². The SMILES string of the molecule is CC(C)c1ccc(N[C@@H](C)c2cccc(C3(C)CC3)c2C(F)(F)F)cc1. The van der Waals surface area contributed by atoms with E-state index in [-0.39, 0.29) is 5.41 Å². The van der Waals surface area contributed by atoms with Crippen molar-refractivity contribution >= 4 is 5.69 Å². The summed E-state index contributed by atoms with van der Waals surface area (Å²) in [7, 11) is 0. The number of nitrogens with one attached hydrogen (secondary N) is 1. The highest BCUT2D eigenvalue weighted by atomic mass is 19.4. The van der Waals surface area contributed by atoms with Crippen LogP contribution < -0.4 is 5.32 Å². The van der Waals surface area contributed by atoms with Crippen LogP contribution in [0.4, 0.5) is 18.9 Å². The van der Waals surface area contributed by atoms with Crippen LogP contribution in [0.5, 0.6) is 0 Å². The largest absolute Gasteiger partial charge is 0.417 e. The quantitative estimate of drug-likeness (QED) is 0.601. The Morgan fingerprint density at radius 1 is 0.962 bits per heavy atom. The molecule has 1 nitrogen and oxygen atoms in total. The molecule has 0 aromatic heterocycles. The minimum absolute atomic E-state index is 0.316. The molecule has 0 spiro atoms. The van der Waals surface area contributed by atoms with Crippen LogP contribution in [0.2, 0.25) is 0 Å². The molecule has 1 N–H and O–H groups in total. The lowest BCUT2D eigenvalue weighted by atomic mass is 9.87. The Morgan fingerprint density at radius 3 is 2.08 bits per heavy atom. The van der Waals surface area contributed by atoms with Gasteiger partial charge in [0.1, 0.15) is 0 Å². The van der Waals surface area contributed by atoms with E-state index in [1.165, 1.54) is 5.56 Å². The monoisotopic (exact) mass is 361 g/mol. The number of anilines is 1. The third kappa shape index (κ3) is 3.74. The van der Waals surface area contributed by atoms with E-state index >= 15 is 0 Å². The normalized spacial score (nSPS) is 17.2. The predicted molar refractivity (Wildman–Crippen MR) is 101 cm³/mol. The molecule has 0 aliphatic heterocycles. The summed E-state index contributed by atoms with van der Waals surface area (Å²) in [5.74, 6) is 0.425. The molecule has 1 aliphatic rings. The van der Waals surface area contributed by atoms with Crippen molar-refractivity contribution in [3.63, 3.8) is 0 Å². The maximum absolute atomic E-state index is 13.9. The van der Waals surface area contributed by atoms with Crippen molar-refractivity contribution in [2.75, 3.05) is 5.32 Å². The molecule has 1 aliphatic carbocycles. The lowest BCUT2D eigenvalue weighted by Crippen LogP contribution is -2.20. The summed E-state index contributed by atoms with van der Waals surface area (Å²) >= 11 is 0. The molecule has 2 aromatic carbocycles. The smallest absolute Gasteiger partial charge is 0.379 e. The van der Waals surface area contributed by atoms with Gasteiger partial charge in [-0.1, -0.05) is 51.1 Å². The van der Waals surface area contributed by atoms with E-state index in [0.717, 1.165) is 18.5 Å². The topological polar surface area (TPSA) is 12.0 Å². The molecule has 1 fully saturated rings. The van der Waals surface area contributed by atoms with Crippen LogP contribution in [-0.2, 0) is 11.6 Å². The lowest BCUT2D eigenvalue weighted by Gasteiger charge is -2.25. The molecule has 0 saturated heterocycles. The molecule has 1 atom stereocenters. The average Bonchev–Trinajstić information content (AvgIpc) is 3.32. The first-order valence-corrected chi connectivity index (χ1v) is 9.19. The number of alkyl halides is 3. The van der Waals surface area contributed by atoms with Crippen molar-refractivity contribution in [3.05, 3.63) is 64.7 Å². The second-order valence-corrected chi connectivity index (χ2v) is 7.97. The Balaban J connectivity index is 1.93. The van der Waals surface area contributed by atoms with Gasteiger partial charge >= 0.3 is 6.18 Å². The van der Waals surface area contributed by atoms with Gasteiger partial charge in [0.2, 0.25) is 0 Å². The van der Waals surface area contributed by atoms with Gasteiger partial charge < -0.3 is 5.32 Å². The Morgan fingerprint density at radius 2 is 1.58 bits per heavy atom. The van der Waals surface area contributed by atoms with E-state index in [9.17, 15) is 13.2 Å². The minimum atomic E-state index is -4.35. The number of hydrogen-bond acceptors (Lipinski definition) is 1. The summed E-state index contributed by atoms with van der Waals surface area (Å²) < 4.78 is 41.6. The molecule has 140 valence electrons. The number of benzene rings is 2. The minimum Gasteiger partial charge on any atom is -0.379 e. The van der Waals surface area contributed by atoms with E-state index < -0.39 is 17.8 Å². The first kappa shape index (κ1) is 18.8. The molecule has 0 heterocycles. The summed E-state index contributed by atoms with van der Waals surface area (Å²) in [4.78, 5) is 0. The average molecular weight is 361 g/mol. The van der Waals surface area contributed by atoms with Gasteiger partial charge in [0.15, 0.2) is 0 Å². The number of hydrogen-bond donors (Lipinski definition) is 1. The predicted octanol–water partition coefficient (Wildman–Crippen LogP) is 7.05. The highest BCUT2D eigenvalue weighted by Gasteiger charge is 2.47. The molecule has 2 aromatic rings. The molecular formula is C22H26F3N. The van der Waals surface area contributed by atoms with Crippen LogP contribution in [0.15, 0.2) is 42.5 Å². The zero-order valence-electron chi connectivity index (χ0n) is 15.7. The van der Waals surface area contributed by atoms with E-state index in [2.05, 4.69) is 19.2 Å². The molecule has 0 radical (unpaired) electrons. The third-order valence-corrected chi connectivity index (χ3v) is 5.46. The molecular weight excluding hydrogens is 335 g/mol. The van der Waals surface area contributed by atoms with Crippen molar-refractivity contribution in [1.29, 1.82) is 0 Å². The van der Waals surface area contributed by atoms with E-state index in [0.29, 0.717) is 17.0 Å². The zero-order valence-corrected chi connectivity index (χ0v) is 15.7. The molecule has 4 heteroatoms. The van der Waals surface area contributed by atoms with E-state index in [4.69, 9.17) is 0 Å². The van der Waals surface area contributed by atoms with Crippen molar-refractivity contribution in [2.45, 2.75) is 64.1 Å². The van der Waals surface area contributed by atoms with Gasteiger partial charge in [-0.15, -0.1) is 0 Å². The molecule has 26 heavy (non-hydrogen) atoms. The second-order valence-electron chi connectivity index (χ2n) is 7.97. The summed E-state index contributed by atoms with van der Waals surface area (Å²) in [5.41, 5.74) is 2.00. The van der Waals surface area contributed by atoms with Crippen LogP contribution >= 0.6 is 0 Å². The van der Waals surface area contributed by atoms with Gasteiger partial charge in [0, 0.05) is 11.7 Å². The maximum Gasteiger partial charge on any atom is 0.417 e. The lowest BCUT2D eigenvalue weighted by molar-refractivity contribution is -0.139. The summed E-state index contributed by atoms with van der Waals surface area (Å²) in [5, 5.41) is 3.24. The number of halogens is 3. The van der Waals surface area contributed by atoms with Crippen molar-refractivity contribution in [1.82, 2.24) is 0 Å². The highest BCUT2D eigenvalue weighted by Crippen LogP contribution is 2.52. The fourth-order valence-electron chi connectivity index (χ4n) is 3.50. The third-order valence-electron chi connectivity index (χ3n) is 5.46. The second kappa shape index (κ2) is 6.64. The van der Waals surface area contributed by atoms with Crippen molar-refractivity contribution in [2.24, 2.45) is 0 Å². The van der Waals surface area contributed by atoms with Gasteiger partial charge in [-0.05, 0) is 59.9 Å². The Kier molecular flexibility index (Phi) is 4.80. The summed E-state index contributed by atoms with van der Waals surface area (Å²) in [6.45, 7) is 7.94. The van der Waals surface area contributed by atoms with Crippen LogP contribution in [0.3, 0.4) is 0 Å². The standard InChI is InChI=1S/C22H26F3N/c1-14(2)16-8-10-17(11-9-16)26-15(3)18-6-5-7-19(21(4)12-13-21)20(18)22(23,24)25/h5-11,14-15,26H,12-13H2,1-4H3/t15-/m0/s1. The summed E-state index contributed by atoms with van der Waals surface area (Å²) in [6, 6.07) is 12.5. The molecule has 1 saturated carbocycles. The van der Waals surface area contributed by atoms with Gasteiger partial charge in [0.05, 0.1) is 5.56 Å². The van der Waals surface area contributed by atoms with Gasteiger partial charge in [-0.3, -0.25) is 0 Å². The first-order chi connectivity index (χ1) is 12.1. The van der Waals surface area contributed by atoms with Gasteiger partial charge in [-0.2, -0.15) is 13.2 Å². The first-order valence-electron chi connectivity index (χ1n) is 9.19. The van der Waals surface area contributed by atoms with Crippen LogP contribution in [0.25, 0.3) is 0 Å². The summed E-state index contributed by atoms with van der Waals surface area (Å²) in [6.07, 6.45) is -2.72. The van der Waals surface area contributed by atoms with E-state index in [1.807, 2.05) is 31.2 Å². The molecule has 3 rings (SSSR count). The molecule has 0 unspecified atom stereocenters. The number of rotatable bonds is 5. The van der Waals surface area contributed by atoms with Crippen molar-refractivity contribution < 1.29 is 13.2 Å². The maximum atomic E-state index is 13.9. The Hall–Kier alpha value is -1.97.